The smallest absolute Gasteiger partial charge is 0.276 e. The van der Waals surface area contributed by atoms with Gasteiger partial charge in [-0.1, -0.05) is 11.6 Å². The molecule has 1 atom stereocenters. The largest absolute Gasteiger partial charge is 0.369 e. The molecule has 2 aliphatic heterocycles. The zero-order valence-electron chi connectivity index (χ0n) is 22.4. The maximum Gasteiger partial charge on any atom is 0.276 e. The van der Waals surface area contributed by atoms with Gasteiger partial charge in [-0.25, -0.2) is 22.2 Å². The third-order valence-electron chi connectivity index (χ3n) is 8.31. The second-order valence-corrected chi connectivity index (χ2v) is 13.3. The number of rotatable bonds is 7. The minimum atomic E-state index is -3.82. The number of alkyl halides is 2. The number of hydrogen-bond acceptors (Lipinski definition) is 7. The molecule has 222 valence electrons. The minimum Gasteiger partial charge on any atom is -0.369 e. The highest BCUT2D eigenvalue weighted by Gasteiger charge is 2.44. The lowest BCUT2D eigenvalue weighted by Crippen LogP contribution is -2.49. The Bertz CT molecular complexity index is 1410. The quantitative estimate of drug-likeness (QED) is 0.459. The van der Waals surface area contributed by atoms with Gasteiger partial charge in [-0.15, -0.1) is 0 Å². The second-order valence-electron chi connectivity index (χ2n) is 11.0. The molecule has 3 aliphatic rings. The Labute approximate surface area is 242 Å². The van der Waals surface area contributed by atoms with E-state index in [0.29, 0.717) is 25.1 Å². The monoisotopic (exact) mass is 610 g/mol. The van der Waals surface area contributed by atoms with E-state index in [1.54, 1.807) is 21.9 Å². The maximum absolute atomic E-state index is 15.5. The molecule has 0 unspecified atom stereocenters. The standard InChI is InChI=1S/C27H33ClF2N6O4S/c28-23-13-19(27(29,30)18-3-1-17(2-4-18)26(32)38)14-24(33-23)34-9-11-35(12-10-34)41(39,40)22-7-5-21(6-8-22)36-16-20(31)15-25(36)37/h5-8,13-14,17-18,20H,1-4,9-12,15-16,31H2,(H2,32,38)/t17-,18-,20-/m1/s1. The highest BCUT2D eigenvalue weighted by Crippen LogP contribution is 2.46. The summed E-state index contributed by atoms with van der Waals surface area (Å²) >= 11 is 6.17. The molecule has 4 N–H and O–H groups in total. The van der Waals surface area contributed by atoms with Gasteiger partial charge >= 0.3 is 0 Å². The van der Waals surface area contributed by atoms with Gasteiger partial charge in [-0.3, -0.25) is 9.59 Å². The van der Waals surface area contributed by atoms with Gasteiger partial charge < -0.3 is 21.3 Å². The summed E-state index contributed by atoms with van der Waals surface area (Å²) < 4.78 is 59.0. The van der Waals surface area contributed by atoms with Crippen molar-refractivity contribution >= 4 is 44.9 Å². The summed E-state index contributed by atoms with van der Waals surface area (Å²) in [6.07, 6.45) is 1.25. The van der Waals surface area contributed by atoms with Crippen molar-refractivity contribution < 1.29 is 26.8 Å². The van der Waals surface area contributed by atoms with Crippen molar-refractivity contribution in [3.05, 3.63) is 47.1 Å². The van der Waals surface area contributed by atoms with Gasteiger partial charge in [0, 0.05) is 68.3 Å². The molecule has 5 rings (SSSR count). The van der Waals surface area contributed by atoms with Crippen molar-refractivity contribution in [1.82, 2.24) is 9.29 Å². The number of nitrogens with two attached hydrogens (primary N) is 2. The van der Waals surface area contributed by atoms with Crippen LogP contribution in [-0.4, -0.2) is 68.3 Å². The Morgan fingerprint density at radius 2 is 1.66 bits per heavy atom. The molecule has 14 heteroatoms. The fourth-order valence-electron chi connectivity index (χ4n) is 5.90. The average molecular weight is 611 g/mol. The van der Waals surface area contributed by atoms with Crippen LogP contribution in [0.2, 0.25) is 5.15 Å². The number of pyridine rings is 1. The SMILES string of the molecule is NC(=O)[C@H]1CC[C@H](C(F)(F)c2cc(Cl)nc(N3CCN(S(=O)(=O)c4ccc(N5C[C@H](N)CC5=O)cc4)CC3)c2)CC1. The van der Waals surface area contributed by atoms with E-state index >= 15 is 8.78 Å². The van der Waals surface area contributed by atoms with Crippen LogP contribution in [0.15, 0.2) is 41.3 Å². The van der Waals surface area contributed by atoms with E-state index in [4.69, 9.17) is 23.1 Å². The van der Waals surface area contributed by atoms with Crippen molar-refractivity contribution in [2.75, 3.05) is 42.5 Å². The summed E-state index contributed by atoms with van der Waals surface area (Å²) in [5, 5.41) is -0.0735. The molecular weight excluding hydrogens is 578 g/mol. The van der Waals surface area contributed by atoms with E-state index < -0.39 is 27.8 Å². The first-order chi connectivity index (χ1) is 19.4. The molecule has 1 aromatic carbocycles. The fourth-order valence-corrected chi connectivity index (χ4v) is 7.53. The van der Waals surface area contributed by atoms with Crippen LogP contribution < -0.4 is 21.3 Å². The molecule has 3 fully saturated rings. The number of piperazine rings is 1. The van der Waals surface area contributed by atoms with E-state index in [1.807, 2.05) is 0 Å². The first-order valence-electron chi connectivity index (χ1n) is 13.6. The van der Waals surface area contributed by atoms with E-state index in [2.05, 4.69) is 4.98 Å². The molecule has 1 aromatic heterocycles. The molecule has 1 saturated carbocycles. The normalized spacial score (nSPS) is 24.6. The van der Waals surface area contributed by atoms with Crippen LogP contribution in [0, 0.1) is 11.8 Å². The molecule has 1 aliphatic carbocycles. The predicted octanol–water partition coefficient (Wildman–Crippen LogP) is 2.69. The van der Waals surface area contributed by atoms with Gasteiger partial charge in [0.2, 0.25) is 21.8 Å². The summed E-state index contributed by atoms with van der Waals surface area (Å²) in [5.74, 6) is -4.80. The van der Waals surface area contributed by atoms with Crippen LogP contribution in [0.3, 0.4) is 0 Å². The first-order valence-corrected chi connectivity index (χ1v) is 15.4. The van der Waals surface area contributed by atoms with Crippen LogP contribution in [0.1, 0.15) is 37.7 Å². The van der Waals surface area contributed by atoms with Gasteiger partial charge in [0.15, 0.2) is 0 Å². The zero-order chi connectivity index (χ0) is 29.5. The summed E-state index contributed by atoms with van der Waals surface area (Å²) in [4.78, 5) is 31.2. The topological polar surface area (TPSA) is 143 Å². The van der Waals surface area contributed by atoms with E-state index in [-0.39, 0.29) is 84.7 Å². The molecule has 0 bridgehead atoms. The third-order valence-corrected chi connectivity index (χ3v) is 10.4. The molecule has 10 nitrogen and oxygen atoms in total. The lowest BCUT2D eigenvalue weighted by atomic mass is 9.77. The molecule has 0 spiro atoms. The van der Waals surface area contributed by atoms with Crippen LogP contribution in [-0.2, 0) is 25.5 Å². The Morgan fingerprint density at radius 1 is 1.02 bits per heavy atom. The second kappa shape index (κ2) is 11.4. The highest BCUT2D eigenvalue weighted by atomic mass is 35.5. The van der Waals surface area contributed by atoms with Crippen molar-refractivity contribution in [3.8, 4) is 0 Å². The molecular formula is C27H33ClF2N6O4S. The number of sulfonamides is 1. The number of benzene rings is 1. The van der Waals surface area contributed by atoms with E-state index in [9.17, 15) is 18.0 Å². The molecule has 2 amide bonds. The van der Waals surface area contributed by atoms with Gasteiger partial charge in [-0.2, -0.15) is 4.31 Å². The molecule has 0 radical (unpaired) electrons. The number of carbonyl (C=O) groups excluding carboxylic acids is 2. The molecule has 2 aromatic rings. The third kappa shape index (κ3) is 6.04. The number of anilines is 2. The Balaban J connectivity index is 1.25. The van der Waals surface area contributed by atoms with Crippen LogP contribution in [0.4, 0.5) is 20.3 Å². The number of aromatic nitrogens is 1. The number of carbonyl (C=O) groups is 2. The van der Waals surface area contributed by atoms with E-state index in [1.165, 1.54) is 28.6 Å². The van der Waals surface area contributed by atoms with Crippen molar-refractivity contribution in [2.24, 2.45) is 23.3 Å². The lowest BCUT2D eigenvalue weighted by molar-refractivity contribution is -0.126. The van der Waals surface area contributed by atoms with E-state index in [0.717, 1.165) is 0 Å². The Kier molecular flexibility index (Phi) is 8.25. The Hall–Kier alpha value is -2.87. The average Bonchev–Trinajstić information content (AvgIpc) is 3.30. The molecule has 3 heterocycles. The highest BCUT2D eigenvalue weighted by molar-refractivity contribution is 7.89. The summed E-state index contributed by atoms with van der Waals surface area (Å²) in [5.41, 5.74) is 11.5. The summed E-state index contributed by atoms with van der Waals surface area (Å²) in [7, 11) is -3.82. The van der Waals surface area contributed by atoms with Crippen molar-refractivity contribution in [1.29, 1.82) is 0 Å². The first kappa shape index (κ1) is 29.6. The summed E-state index contributed by atoms with van der Waals surface area (Å²) in [6.45, 7) is 1.11. The van der Waals surface area contributed by atoms with Gasteiger partial charge in [0.1, 0.15) is 11.0 Å². The van der Waals surface area contributed by atoms with Crippen LogP contribution in [0.5, 0.6) is 0 Å². The number of primary amides is 1. The minimum absolute atomic E-state index is 0.0735. The van der Waals surface area contributed by atoms with Crippen molar-refractivity contribution in [3.63, 3.8) is 0 Å². The van der Waals surface area contributed by atoms with Crippen molar-refractivity contribution in [2.45, 2.75) is 49.0 Å². The zero-order valence-corrected chi connectivity index (χ0v) is 24.0. The number of hydrogen-bond donors (Lipinski definition) is 2. The number of amides is 2. The molecule has 41 heavy (non-hydrogen) atoms. The maximum atomic E-state index is 15.5. The Morgan fingerprint density at radius 3 is 2.22 bits per heavy atom. The summed E-state index contributed by atoms with van der Waals surface area (Å²) in [6, 6.07) is 8.37. The van der Waals surface area contributed by atoms with Gasteiger partial charge in [-0.05, 0) is 62.1 Å². The fraction of sp³-hybridized carbons (Fsp3) is 0.519. The lowest BCUT2D eigenvalue weighted by Gasteiger charge is -2.36. The number of nitrogens with zero attached hydrogens (tertiary/aromatic N) is 4. The number of halogens is 3. The van der Waals surface area contributed by atoms with Crippen LogP contribution >= 0.6 is 11.6 Å². The van der Waals surface area contributed by atoms with Gasteiger partial charge in [0.25, 0.3) is 5.92 Å². The molecule has 2 saturated heterocycles. The van der Waals surface area contributed by atoms with Gasteiger partial charge in [0.05, 0.1) is 4.90 Å². The van der Waals surface area contributed by atoms with Crippen LogP contribution in [0.25, 0.3) is 0 Å². The predicted molar refractivity (Wildman–Crippen MR) is 150 cm³/mol.